The lowest BCUT2D eigenvalue weighted by Crippen LogP contribution is -2.48. The number of halogens is 1. The number of ether oxygens (including phenoxy) is 1. The molecule has 0 bridgehead atoms. The summed E-state index contributed by atoms with van der Waals surface area (Å²) in [5.74, 6) is 1.79. The zero-order valence-electron chi connectivity index (χ0n) is 28.7. The van der Waals surface area contributed by atoms with Crippen LogP contribution in [-0.2, 0) is 24.4 Å². The lowest BCUT2D eigenvalue weighted by molar-refractivity contribution is 0.0714. The molecule has 2 amide bonds. The molecule has 0 saturated heterocycles. The molecule has 4 heterocycles. The predicted octanol–water partition coefficient (Wildman–Crippen LogP) is 6.24. The van der Waals surface area contributed by atoms with Crippen molar-refractivity contribution in [2.75, 3.05) is 33.0 Å². The lowest BCUT2D eigenvalue weighted by atomic mass is 9.97. The fourth-order valence-corrected chi connectivity index (χ4v) is 7.12. The minimum Gasteiger partial charge on any atom is -0.489 e. The Balaban J connectivity index is 1.35. The van der Waals surface area contributed by atoms with Crippen molar-refractivity contribution in [1.29, 1.82) is 0 Å². The summed E-state index contributed by atoms with van der Waals surface area (Å²) in [7, 11) is 0.0223. The van der Waals surface area contributed by atoms with Gasteiger partial charge in [-0.2, -0.15) is 0 Å². The zero-order valence-corrected chi connectivity index (χ0v) is 29.7. The number of rotatable bonds is 12. The first-order valence-electron chi connectivity index (χ1n) is 16.4. The van der Waals surface area contributed by atoms with E-state index in [1.807, 2.05) is 41.9 Å². The topological polar surface area (TPSA) is 137 Å². The number of aryl methyl sites for hydroxylation is 1. The molecule has 3 aromatic heterocycles. The van der Waals surface area contributed by atoms with E-state index < -0.39 is 27.1 Å². The van der Waals surface area contributed by atoms with Gasteiger partial charge < -0.3 is 38.1 Å². The number of fused-ring (bicyclic) bond motifs is 3. The number of alkyl halides is 1. The summed E-state index contributed by atoms with van der Waals surface area (Å²) in [6, 6.07) is 12.6. The third kappa shape index (κ3) is 6.79. The molecule has 49 heavy (non-hydrogen) atoms. The summed E-state index contributed by atoms with van der Waals surface area (Å²) in [6.45, 7) is 11.8. The molecule has 2 aromatic carbocycles. The number of benzene rings is 2. The molecule has 1 aliphatic rings. The first-order chi connectivity index (χ1) is 23.3. The Bertz CT molecular complexity index is 2000. The van der Waals surface area contributed by atoms with Gasteiger partial charge in [-0.1, -0.05) is 38.1 Å². The molecule has 14 heteroatoms. The second-order valence-corrected chi connectivity index (χ2v) is 18.8. The molecular formula is C35H43FN6O6Si. The van der Waals surface area contributed by atoms with Crippen LogP contribution >= 0.6 is 0 Å². The largest absolute Gasteiger partial charge is 0.489 e. The van der Waals surface area contributed by atoms with Crippen LogP contribution < -0.4 is 10.1 Å². The molecule has 0 fully saturated rings. The highest BCUT2D eigenvalue weighted by atomic mass is 28.4. The summed E-state index contributed by atoms with van der Waals surface area (Å²) in [5, 5.41) is 16.2. The second kappa shape index (κ2) is 13.3. The van der Waals surface area contributed by atoms with Gasteiger partial charge in [0, 0.05) is 37.2 Å². The highest BCUT2D eigenvalue weighted by Gasteiger charge is 2.37. The van der Waals surface area contributed by atoms with E-state index in [2.05, 4.69) is 55.0 Å². The monoisotopic (exact) mass is 690 g/mol. The second-order valence-electron chi connectivity index (χ2n) is 14.0. The summed E-state index contributed by atoms with van der Waals surface area (Å²) in [6.07, 6.45) is 0.837. The van der Waals surface area contributed by atoms with Crippen LogP contribution in [0.4, 0.5) is 9.18 Å². The quantitative estimate of drug-likeness (QED) is 0.116. The number of nitrogens with one attached hydrogen (secondary N) is 1. The van der Waals surface area contributed by atoms with Gasteiger partial charge in [0.2, 0.25) is 0 Å². The molecular weight excluding hydrogens is 648 g/mol. The number of carbonyl (C=O) groups excluding carboxylic acids is 1. The van der Waals surface area contributed by atoms with Gasteiger partial charge in [0.05, 0.1) is 47.6 Å². The molecule has 6 rings (SSSR count). The van der Waals surface area contributed by atoms with Crippen molar-refractivity contribution in [3.05, 3.63) is 65.5 Å². The van der Waals surface area contributed by atoms with Crippen molar-refractivity contribution in [2.24, 2.45) is 7.05 Å². The maximum Gasteiger partial charge on any atom is 0.405 e. The summed E-state index contributed by atoms with van der Waals surface area (Å²) < 4.78 is 35.9. The van der Waals surface area contributed by atoms with Gasteiger partial charge in [-0.3, -0.25) is 4.79 Å². The Morgan fingerprint density at radius 2 is 1.98 bits per heavy atom. The van der Waals surface area contributed by atoms with Crippen molar-refractivity contribution in [3.8, 4) is 17.3 Å². The molecule has 260 valence electrons. The molecule has 2 N–H and O–H groups in total. The molecule has 12 nitrogen and oxygen atoms in total. The zero-order chi connectivity index (χ0) is 35.1. The van der Waals surface area contributed by atoms with Crippen LogP contribution in [0.25, 0.3) is 33.5 Å². The lowest BCUT2D eigenvalue weighted by Gasteiger charge is -2.36. The third-order valence-electron chi connectivity index (χ3n) is 9.76. The van der Waals surface area contributed by atoms with Crippen molar-refractivity contribution < 1.29 is 32.8 Å². The SMILES string of the molecule is Cn1c(-c2cc3cccc(OCCO[Si](C)(C)C(C)(C)C)c3n2Cc2ccno2)nc2cc3c(cc21)CCN(CC(CF)NC(=O)O)C3=O. The highest BCUT2D eigenvalue weighted by Crippen LogP contribution is 2.38. The van der Waals surface area contributed by atoms with Crippen LogP contribution in [0.1, 0.15) is 42.5 Å². The molecule has 1 unspecified atom stereocenters. The number of amides is 2. The number of nitrogens with zero attached hydrogens (tertiary/aromatic N) is 5. The Labute approximate surface area is 284 Å². The summed E-state index contributed by atoms with van der Waals surface area (Å²) in [4.78, 5) is 31.1. The average Bonchev–Trinajstić information content (AvgIpc) is 3.77. The maximum atomic E-state index is 13.5. The maximum absolute atomic E-state index is 13.5. The number of carboxylic acid groups (broad SMARTS) is 1. The summed E-state index contributed by atoms with van der Waals surface area (Å²) >= 11 is 0. The van der Waals surface area contributed by atoms with Gasteiger partial charge in [-0.15, -0.1) is 0 Å². The van der Waals surface area contributed by atoms with Crippen LogP contribution in [0.5, 0.6) is 5.75 Å². The van der Waals surface area contributed by atoms with E-state index in [1.165, 1.54) is 4.90 Å². The molecule has 0 saturated carbocycles. The van der Waals surface area contributed by atoms with Crippen LogP contribution in [-0.4, -0.2) is 88.6 Å². The van der Waals surface area contributed by atoms with Crippen LogP contribution in [0.3, 0.4) is 0 Å². The van der Waals surface area contributed by atoms with E-state index in [9.17, 15) is 14.0 Å². The van der Waals surface area contributed by atoms with Gasteiger partial charge in [0.1, 0.15) is 19.0 Å². The van der Waals surface area contributed by atoms with Crippen LogP contribution in [0, 0.1) is 0 Å². The number of carbonyl (C=O) groups is 2. The average molecular weight is 691 g/mol. The van der Waals surface area contributed by atoms with Crippen molar-refractivity contribution in [1.82, 2.24) is 29.5 Å². The van der Waals surface area contributed by atoms with E-state index in [4.69, 9.17) is 23.8 Å². The fourth-order valence-electron chi connectivity index (χ4n) is 6.09. The van der Waals surface area contributed by atoms with Gasteiger partial charge in [0.25, 0.3) is 5.91 Å². The van der Waals surface area contributed by atoms with Crippen LogP contribution in [0.15, 0.2) is 53.2 Å². The first kappa shape index (κ1) is 34.2. The third-order valence-corrected chi connectivity index (χ3v) is 14.3. The Hall–Kier alpha value is -4.69. The smallest absolute Gasteiger partial charge is 0.405 e. The molecule has 0 aliphatic carbocycles. The van der Waals surface area contributed by atoms with E-state index in [1.54, 1.807) is 12.3 Å². The predicted molar refractivity (Wildman–Crippen MR) is 186 cm³/mol. The van der Waals surface area contributed by atoms with E-state index in [-0.39, 0.29) is 17.5 Å². The van der Waals surface area contributed by atoms with E-state index in [0.717, 1.165) is 27.7 Å². The molecule has 1 atom stereocenters. The Morgan fingerprint density at radius 1 is 1.18 bits per heavy atom. The minimum atomic E-state index is -1.93. The van der Waals surface area contributed by atoms with Crippen molar-refractivity contribution in [3.63, 3.8) is 0 Å². The normalized spacial score (nSPS) is 14.4. The number of para-hydroxylation sites is 1. The van der Waals surface area contributed by atoms with Crippen molar-refractivity contribution >= 4 is 42.3 Å². The first-order valence-corrected chi connectivity index (χ1v) is 19.3. The number of hydrogen-bond donors (Lipinski definition) is 2. The molecule has 5 aromatic rings. The van der Waals surface area contributed by atoms with Gasteiger partial charge in [-0.05, 0) is 54.4 Å². The highest BCUT2D eigenvalue weighted by molar-refractivity contribution is 6.74. The summed E-state index contributed by atoms with van der Waals surface area (Å²) in [5.41, 5.74) is 4.55. The molecule has 0 radical (unpaired) electrons. The van der Waals surface area contributed by atoms with Gasteiger partial charge >= 0.3 is 6.09 Å². The number of imidazole rings is 1. The van der Waals surface area contributed by atoms with Gasteiger partial charge in [0.15, 0.2) is 19.9 Å². The number of aromatic nitrogens is 4. The fraction of sp³-hybridized carbons (Fsp3) is 0.429. The minimum absolute atomic E-state index is 0.0544. The van der Waals surface area contributed by atoms with E-state index >= 15 is 0 Å². The van der Waals surface area contributed by atoms with Crippen molar-refractivity contribution in [2.45, 2.75) is 57.9 Å². The molecule has 0 spiro atoms. The van der Waals surface area contributed by atoms with E-state index in [0.29, 0.717) is 61.1 Å². The Kier molecular flexibility index (Phi) is 9.29. The van der Waals surface area contributed by atoms with Gasteiger partial charge in [-0.25, -0.2) is 14.2 Å². The van der Waals surface area contributed by atoms with Crippen LogP contribution in [0.2, 0.25) is 18.1 Å². The molecule has 1 aliphatic heterocycles. The Morgan fingerprint density at radius 3 is 2.67 bits per heavy atom. The standard InChI is InChI=1S/C35H43FN6O6Si/c1-35(2,3)49(5,6)47-15-14-46-30-9-7-8-23-17-29(42(31(23)30)21-25-10-12-37-48-25)32-39-27-18-26-22(16-28(27)40(32)4)11-13-41(33(26)43)20-24(19-36)38-34(44)45/h7-10,12,16-18,24,38H,11,13-15,19-21H2,1-6H3,(H,44,45). The number of hydrogen-bond acceptors (Lipinski definition) is 7.